The monoisotopic (exact) mass is 518 g/mol. The Morgan fingerprint density at radius 3 is 2.51 bits per heavy atom. The number of amides is 1. The molecule has 0 unspecified atom stereocenters. The zero-order valence-corrected chi connectivity index (χ0v) is 22.0. The van der Waals surface area contributed by atoms with Gasteiger partial charge in [0.1, 0.15) is 0 Å². The summed E-state index contributed by atoms with van der Waals surface area (Å²) in [6, 6.07) is 24.4. The van der Waals surface area contributed by atoms with Gasteiger partial charge >= 0.3 is 0 Å². The van der Waals surface area contributed by atoms with E-state index in [4.69, 9.17) is 14.7 Å². The Morgan fingerprint density at radius 2 is 1.77 bits per heavy atom. The van der Waals surface area contributed by atoms with Crippen molar-refractivity contribution in [1.82, 2.24) is 14.5 Å². The maximum Gasteiger partial charge on any atom is 0.221 e. The molecule has 0 saturated carbocycles. The number of nitrogens with zero attached hydrogens (tertiary/aromatic N) is 4. The molecule has 2 aromatic carbocycles. The molecule has 2 N–H and O–H groups in total. The van der Waals surface area contributed by atoms with E-state index in [1.54, 1.807) is 0 Å². The van der Waals surface area contributed by atoms with Crippen LogP contribution in [-0.4, -0.2) is 39.7 Å². The molecule has 6 rings (SSSR count). The highest BCUT2D eigenvalue weighted by Crippen LogP contribution is 2.31. The molecular formula is C31H30N6O2. The van der Waals surface area contributed by atoms with Gasteiger partial charge in [-0.25, -0.2) is 4.98 Å². The van der Waals surface area contributed by atoms with E-state index in [1.807, 2.05) is 67.7 Å². The Morgan fingerprint density at radius 1 is 1.00 bits per heavy atom. The van der Waals surface area contributed by atoms with Gasteiger partial charge in [-0.1, -0.05) is 12.1 Å². The van der Waals surface area contributed by atoms with Crippen molar-refractivity contribution in [2.45, 2.75) is 32.7 Å². The van der Waals surface area contributed by atoms with E-state index < -0.39 is 0 Å². The van der Waals surface area contributed by atoms with Gasteiger partial charge in [0.05, 0.1) is 51.4 Å². The quantitative estimate of drug-likeness (QED) is 0.295. The first kappa shape index (κ1) is 24.8. The Labute approximate surface area is 226 Å². The van der Waals surface area contributed by atoms with Crippen LogP contribution in [0.25, 0.3) is 28.1 Å². The minimum Gasteiger partial charge on any atom is -0.381 e. The second-order valence-electron chi connectivity index (χ2n) is 9.81. The SMILES string of the molecule is CC(=O)Nc1ccc(-n2c3cc(=NC4CCOCC4)c(Nc4ccc(C)nc4)cc-3nc3ccccc32)cc1. The molecule has 8 nitrogen and oxygen atoms in total. The third-order valence-electron chi connectivity index (χ3n) is 6.85. The highest BCUT2D eigenvalue weighted by atomic mass is 16.5. The number of nitrogens with one attached hydrogen (secondary N) is 2. The molecule has 8 heteroatoms. The van der Waals surface area contributed by atoms with Crippen LogP contribution in [0, 0.1) is 6.92 Å². The number of rotatable bonds is 5. The second kappa shape index (κ2) is 10.7. The van der Waals surface area contributed by atoms with Gasteiger partial charge in [0, 0.05) is 37.2 Å². The third kappa shape index (κ3) is 5.37. The number of ether oxygens (including phenoxy) is 1. The molecule has 3 aromatic rings. The highest BCUT2D eigenvalue weighted by molar-refractivity contribution is 5.89. The van der Waals surface area contributed by atoms with E-state index in [-0.39, 0.29) is 11.9 Å². The Kier molecular flexibility index (Phi) is 6.77. The van der Waals surface area contributed by atoms with Crippen LogP contribution in [0.2, 0.25) is 0 Å². The second-order valence-corrected chi connectivity index (χ2v) is 9.81. The van der Waals surface area contributed by atoms with Crippen molar-refractivity contribution >= 4 is 34.0 Å². The molecular weight excluding hydrogens is 488 g/mol. The van der Waals surface area contributed by atoms with Crippen LogP contribution in [0.1, 0.15) is 25.5 Å². The number of aryl methyl sites for hydroxylation is 1. The first-order valence-corrected chi connectivity index (χ1v) is 13.2. The number of para-hydroxylation sites is 2. The Bertz CT molecular complexity index is 1670. The predicted octanol–water partition coefficient (Wildman–Crippen LogP) is 5.62. The highest BCUT2D eigenvalue weighted by Gasteiger charge is 2.18. The lowest BCUT2D eigenvalue weighted by atomic mass is 10.1. The largest absolute Gasteiger partial charge is 0.381 e. The standard InChI is InChI=1S/C31H30N6O2/c1-20-7-8-24(19-32-20)35-27-17-29-31(18-28(27)34-23-13-15-39-16-14-23)37(30-6-4-3-5-26(30)36-29)25-11-9-22(10-12-25)33-21(2)38/h3-12,17-19,23,35H,13-16H2,1-2H3,(H,33,38). The number of hydrogen-bond donors (Lipinski definition) is 2. The van der Waals surface area contributed by atoms with Gasteiger partial charge in [0.15, 0.2) is 0 Å². The van der Waals surface area contributed by atoms with Crippen LogP contribution in [0.15, 0.2) is 84.0 Å². The number of benzene rings is 3. The van der Waals surface area contributed by atoms with Gasteiger partial charge in [-0.15, -0.1) is 0 Å². The molecule has 1 amide bonds. The van der Waals surface area contributed by atoms with Gasteiger partial charge in [0.2, 0.25) is 5.91 Å². The molecule has 1 saturated heterocycles. The van der Waals surface area contributed by atoms with Crippen molar-refractivity contribution in [3.8, 4) is 17.1 Å². The summed E-state index contributed by atoms with van der Waals surface area (Å²) in [6.45, 7) is 4.93. The number of pyridine rings is 1. The van der Waals surface area contributed by atoms with Gasteiger partial charge in [-0.05, 0) is 80.4 Å². The molecule has 39 heavy (non-hydrogen) atoms. The summed E-state index contributed by atoms with van der Waals surface area (Å²) in [6.07, 6.45) is 3.62. The summed E-state index contributed by atoms with van der Waals surface area (Å²) in [5, 5.41) is 7.26. The van der Waals surface area contributed by atoms with Crippen LogP contribution < -0.4 is 16.0 Å². The van der Waals surface area contributed by atoms with E-state index in [0.29, 0.717) is 0 Å². The zero-order chi connectivity index (χ0) is 26.8. The van der Waals surface area contributed by atoms with Gasteiger partial charge in [-0.3, -0.25) is 14.8 Å². The molecule has 196 valence electrons. The average molecular weight is 519 g/mol. The van der Waals surface area contributed by atoms with Crippen molar-refractivity contribution in [2.24, 2.45) is 4.99 Å². The lowest BCUT2D eigenvalue weighted by Crippen LogP contribution is -2.23. The fourth-order valence-electron chi connectivity index (χ4n) is 4.93. The molecule has 3 heterocycles. The number of aromatic nitrogens is 3. The molecule has 3 aliphatic rings. The number of fused-ring (bicyclic) bond motifs is 2. The molecule has 0 bridgehead atoms. The Hall–Kier alpha value is -4.56. The van der Waals surface area contributed by atoms with Crippen molar-refractivity contribution in [3.63, 3.8) is 0 Å². The third-order valence-corrected chi connectivity index (χ3v) is 6.85. The van der Waals surface area contributed by atoms with E-state index in [0.717, 1.165) is 82.3 Å². The summed E-state index contributed by atoms with van der Waals surface area (Å²) in [5.74, 6) is -0.0987. The van der Waals surface area contributed by atoms with Gasteiger partial charge in [0.25, 0.3) is 0 Å². The normalized spacial score (nSPS) is 14.6. The number of carbonyl (C=O) groups excluding carboxylic acids is 1. The molecule has 0 atom stereocenters. The molecule has 1 aliphatic carbocycles. The zero-order valence-electron chi connectivity index (χ0n) is 22.0. The van der Waals surface area contributed by atoms with Gasteiger partial charge in [-0.2, -0.15) is 0 Å². The molecule has 0 spiro atoms. The first-order valence-electron chi connectivity index (χ1n) is 13.2. The lowest BCUT2D eigenvalue weighted by Gasteiger charge is -2.22. The topological polar surface area (TPSA) is 93.4 Å². The van der Waals surface area contributed by atoms with Crippen molar-refractivity contribution < 1.29 is 9.53 Å². The van der Waals surface area contributed by atoms with Crippen molar-refractivity contribution in [2.75, 3.05) is 23.8 Å². The predicted molar refractivity (Wildman–Crippen MR) is 154 cm³/mol. The van der Waals surface area contributed by atoms with Crippen LogP contribution in [0.5, 0.6) is 0 Å². The average Bonchev–Trinajstić information content (AvgIpc) is 2.94. The smallest absolute Gasteiger partial charge is 0.221 e. The fraction of sp³-hybridized carbons (Fsp3) is 0.226. The molecule has 1 aromatic heterocycles. The number of hydrogen-bond acceptors (Lipinski definition) is 6. The summed E-state index contributed by atoms with van der Waals surface area (Å²) < 4.78 is 7.78. The minimum absolute atomic E-state index is 0.0987. The summed E-state index contributed by atoms with van der Waals surface area (Å²) in [7, 11) is 0. The molecule has 1 fully saturated rings. The maximum atomic E-state index is 11.5. The van der Waals surface area contributed by atoms with Crippen LogP contribution in [-0.2, 0) is 9.53 Å². The van der Waals surface area contributed by atoms with E-state index in [2.05, 4.69) is 38.4 Å². The molecule has 2 aliphatic heterocycles. The summed E-state index contributed by atoms with van der Waals surface area (Å²) in [4.78, 5) is 26.2. The minimum atomic E-state index is -0.0987. The van der Waals surface area contributed by atoms with Crippen LogP contribution >= 0.6 is 0 Å². The van der Waals surface area contributed by atoms with E-state index >= 15 is 0 Å². The molecule has 0 radical (unpaired) electrons. The van der Waals surface area contributed by atoms with Crippen LogP contribution in [0.3, 0.4) is 0 Å². The maximum absolute atomic E-state index is 11.5. The number of carbonyl (C=O) groups is 1. The fourth-order valence-corrected chi connectivity index (χ4v) is 4.93. The summed E-state index contributed by atoms with van der Waals surface area (Å²) in [5.41, 5.74) is 8.11. The van der Waals surface area contributed by atoms with E-state index in [1.165, 1.54) is 6.92 Å². The van der Waals surface area contributed by atoms with Crippen LogP contribution in [0.4, 0.5) is 17.1 Å². The summed E-state index contributed by atoms with van der Waals surface area (Å²) >= 11 is 0. The lowest BCUT2D eigenvalue weighted by molar-refractivity contribution is -0.114. The van der Waals surface area contributed by atoms with Gasteiger partial charge < -0.3 is 19.9 Å². The first-order chi connectivity index (χ1) is 19.0. The van der Waals surface area contributed by atoms with Crippen molar-refractivity contribution in [3.05, 3.63) is 90.0 Å². The Balaban J connectivity index is 1.57. The number of anilines is 3. The van der Waals surface area contributed by atoms with E-state index in [9.17, 15) is 4.79 Å². The van der Waals surface area contributed by atoms with Crippen molar-refractivity contribution in [1.29, 1.82) is 0 Å².